The number of urea groups is 1. The fourth-order valence-electron chi connectivity index (χ4n) is 4.56. The molecular formula is C28H33N7O4. The van der Waals surface area contributed by atoms with Gasteiger partial charge in [0.15, 0.2) is 0 Å². The number of hydrogen-bond acceptors (Lipinski definition) is 8. The Labute approximate surface area is 227 Å². The fraction of sp³-hybridized carbons (Fsp3) is 0.357. The molecule has 0 atom stereocenters. The number of rotatable bonds is 6. The van der Waals surface area contributed by atoms with E-state index < -0.39 is 0 Å². The van der Waals surface area contributed by atoms with Gasteiger partial charge < -0.3 is 35.6 Å². The second-order valence-electron chi connectivity index (χ2n) is 9.57. The summed E-state index contributed by atoms with van der Waals surface area (Å²) in [5, 5.41) is 6.11. The summed E-state index contributed by atoms with van der Waals surface area (Å²) in [6.45, 7) is 5.07. The van der Waals surface area contributed by atoms with Crippen molar-refractivity contribution in [3.8, 4) is 17.0 Å². The number of nitrogen functional groups attached to an aromatic ring is 1. The van der Waals surface area contributed by atoms with E-state index in [1.54, 1.807) is 22.9 Å². The van der Waals surface area contributed by atoms with Crippen LogP contribution in [0.1, 0.15) is 19.8 Å². The summed E-state index contributed by atoms with van der Waals surface area (Å²) in [5.41, 5.74) is 9.89. The first-order chi connectivity index (χ1) is 18.9. The van der Waals surface area contributed by atoms with E-state index in [0.717, 1.165) is 29.8 Å². The van der Waals surface area contributed by atoms with Crippen molar-refractivity contribution in [2.75, 3.05) is 55.8 Å². The third kappa shape index (κ3) is 6.74. The second-order valence-corrected chi connectivity index (χ2v) is 9.57. The Morgan fingerprint density at radius 3 is 2.36 bits per heavy atom. The molecule has 5 rings (SSSR count). The maximum absolute atomic E-state index is 12.6. The maximum atomic E-state index is 12.6. The van der Waals surface area contributed by atoms with E-state index in [2.05, 4.69) is 20.6 Å². The Morgan fingerprint density at radius 2 is 1.67 bits per heavy atom. The summed E-state index contributed by atoms with van der Waals surface area (Å²) in [5.74, 6) is 1.14. The monoisotopic (exact) mass is 531 g/mol. The van der Waals surface area contributed by atoms with Crippen molar-refractivity contribution in [3.05, 3.63) is 54.7 Å². The zero-order valence-corrected chi connectivity index (χ0v) is 21.9. The Kier molecular flexibility index (Phi) is 8.07. The van der Waals surface area contributed by atoms with Crippen LogP contribution in [0.15, 0.2) is 54.7 Å². The molecule has 3 heterocycles. The molecule has 4 N–H and O–H groups in total. The lowest BCUT2D eigenvalue weighted by Gasteiger charge is -2.34. The van der Waals surface area contributed by atoms with E-state index >= 15 is 0 Å². The minimum absolute atomic E-state index is 0.0328. The summed E-state index contributed by atoms with van der Waals surface area (Å²) in [6.07, 6.45) is 3.52. The van der Waals surface area contributed by atoms with Gasteiger partial charge in [-0.2, -0.15) is 0 Å². The van der Waals surface area contributed by atoms with Crippen LogP contribution >= 0.6 is 0 Å². The van der Waals surface area contributed by atoms with Gasteiger partial charge in [0.05, 0.1) is 24.6 Å². The first-order valence-corrected chi connectivity index (χ1v) is 13.1. The summed E-state index contributed by atoms with van der Waals surface area (Å²) in [4.78, 5) is 36.5. The van der Waals surface area contributed by atoms with E-state index in [9.17, 15) is 9.59 Å². The molecule has 1 aromatic heterocycles. The van der Waals surface area contributed by atoms with Gasteiger partial charge in [-0.25, -0.2) is 14.8 Å². The van der Waals surface area contributed by atoms with Gasteiger partial charge in [0.1, 0.15) is 11.9 Å². The molecule has 3 amide bonds. The van der Waals surface area contributed by atoms with E-state index in [0.29, 0.717) is 62.5 Å². The van der Waals surface area contributed by atoms with Crippen LogP contribution in [0.5, 0.6) is 5.75 Å². The Balaban J connectivity index is 1.18. The van der Waals surface area contributed by atoms with Crippen molar-refractivity contribution >= 4 is 34.9 Å². The van der Waals surface area contributed by atoms with Gasteiger partial charge in [-0.1, -0.05) is 0 Å². The lowest BCUT2D eigenvalue weighted by molar-refractivity contribution is -0.130. The standard InChI is InChI=1S/C28H33N7O4/c1-19(36)34-12-14-35(15-13-34)28(37)32-22-5-3-21(4-6-22)31-27-30-11-8-25(33-27)20-2-7-26(24(29)18-20)39-23-9-16-38-17-10-23/h2-8,11,18,23H,9-10,12-17,29H2,1H3,(H,32,37)(H,30,31,33). The van der Waals surface area contributed by atoms with Gasteiger partial charge in [0.2, 0.25) is 11.9 Å². The van der Waals surface area contributed by atoms with Crippen molar-refractivity contribution in [1.29, 1.82) is 0 Å². The first-order valence-electron chi connectivity index (χ1n) is 13.1. The molecule has 0 bridgehead atoms. The summed E-state index contributed by atoms with van der Waals surface area (Å²) in [6, 6.07) is 14.6. The van der Waals surface area contributed by atoms with Crippen molar-refractivity contribution in [3.63, 3.8) is 0 Å². The largest absolute Gasteiger partial charge is 0.488 e. The molecule has 11 nitrogen and oxygen atoms in total. The van der Waals surface area contributed by atoms with Gasteiger partial charge in [-0.15, -0.1) is 0 Å². The zero-order chi connectivity index (χ0) is 27.2. The van der Waals surface area contributed by atoms with Crippen LogP contribution in [-0.4, -0.2) is 77.2 Å². The highest BCUT2D eigenvalue weighted by Gasteiger charge is 2.22. The number of ether oxygens (including phenoxy) is 2. The van der Waals surface area contributed by atoms with Gasteiger partial charge in [0.25, 0.3) is 0 Å². The molecular weight excluding hydrogens is 498 g/mol. The topological polar surface area (TPSA) is 135 Å². The lowest BCUT2D eigenvalue weighted by Crippen LogP contribution is -2.51. The highest BCUT2D eigenvalue weighted by molar-refractivity contribution is 5.89. The first kappa shape index (κ1) is 26.2. The normalized spacial score (nSPS) is 16.0. The lowest BCUT2D eigenvalue weighted by atomic mass is 10.1. The van der Waals surface area contributed by atoms with Crippen LogP contribution in [0, 0.1) is 0 Å². The number of benzene rings is 2. The number of piperazine rings is 1. The van der Waals surface area contributed by atoms with Gasteiger partial charge in [-0.05, 0) is 48.5 Å². The molecule has 3 aromatic rings. The fourth-order valence-corrected chi connectivity index (χ4v) is 4.56. The van der Waals surface area contributed by atoms with E-state index in [1.165, 1.54) is 0 Å². The molecule has 2 aromatic carbocycles. The molecule has 0 spiro atoms. The Hall–Kier alpha value is -4.38. The number of nitrogens with zero attached hydrogens (tertiary/aromatic N) is 4. The second kappa shape index (κ2) is 12.0. The Bertz CT molecular complexity index is 1300. The van der Waals surface area contributed by atoms with E-state index in [4.69, 9.17) is 15.2 Å². The molecule has 39 heavy (non-hydrogen) atoms. The molecule has 0 unspecified atom stereocenters. The zero-order valence-electron chi connectivity index (χ0n) is 21.9. The number of anilines is 4. The third-order valence-electron chi connectivity index (χ3n) is 6.83. The summed E-state index contributed by atoms with van der Waals surface area (Å²) < 4.78 is 11.5. The van der Waals surface area contributed by atoms with Gasteiger partial charge in [-0.3, -0.25) is 4.79 Å². The van der Waals surface area contributed by atoms with Crippen LogP contribution in [0.2, 0.25) is 0 Å². The van der Waals surface area contributed by atoms with Crippen molar-refractivity contribution < 1.29 is 19.1 Å². The van der Waals surface area contributed by atoms with Crippen LogP contribution in [0.25, 0.3) is 11.3 Å². The minimum Gasteiger partial charge on any atom is -0.488 e. The Morgan fingerprint density at radius 1 is 0.974 bits per heavy atom. The van der Waals surface area contributed by atoms with Crippen molar-refractivity contribution in [2.24, 2.45) is 0 Å². The molecule has 2 fully saturated rings. The molecule has 2 aliphatic rings. The molecule has 2 aliphatic heterocycles. The predicted molar refractivity (Wildman–Crippen MR) is 149 cm³/mol. The van der Waals surface area contributed by atoms with Gasteiger partial charge >= 0.3 is 6.03 Å². The summed E-state index contributed by atoms with van der Waals surface area (Å²) in [7, 11) is 0. The average Bonchev–Trinajstić information content (AvgIpc) is 2.96. The minimum atomic E-state index is -0.182. The number of amides is 3. The molecule has 2 saturated heterocycles. The predicted octanol–water partition coefficient (Wildman–Crippen LogP) is 3.72. The van der Waals surface area contributed by atoms with Crippen molar-refractivity contribution in [2.45, 2.75) is 25.9 Å². The number of nitrogens with one attached hydrogen (secondary N) is 2. The summed E-state index contributed by atoms with van der Waals surface area (Å²) >= 11 is 0. The SMILES string of the molecule is CC(=O)N1CCN(C(=O)Nc2ccc(Nc3nccc(-c4ccc(OC5CCOCC5)c(N)c4)n3)cc2)CC1. The number of carbonyl (C=O) groups excluding carboxylic acids is 2. The molecule has 0 aliphatic carbocycles. The van der Waals surface area contributed by atoms with Crippen LogP contribution in [0.3, 0.4) is 0 Å². The van der Waals surface area contributed by atoms with Crippen LogP contribution in [-0.2, 0) is 9.53 Å². The van der Waals surface area contributed by atoms with E-state index in [1.807, 2.05) is 48.5 Å². The third-order valence-corrected chi connectivity index (χ3v) is 6.83. The number of carbonyl (C=O) groups is 2. The number of aromatic nitrogens is 2. The van der Waals surface area contributed by atoms with Crippen LogP contribution < -0.4 is 21.1 Å². The smallest absolute Gasteiger partial charge is 0.321 e. The average molecular weight is 532 g/mol. The van der Waals surface area contributed by atoms with E-state index in [-0.39, 0.29) is 18.0 Å². The highest BCUT2D eigenvalue weighted by Crippen LogP contribution is 2.30. The van der Waals surface area contributed by atoms with Gasteiger partial charge in [0, 0.05) is 69.1 Å². The molecule has 0 saturated carbocycles. The quantitative estimate of drug-likeness (QED) is 0.410. The van der Waals surface area contributed by atoms with Crippen molar-refractivity contribution in [1.82, 2.24) is 19.8 Å². The highest BCUT2D eigenvalue weighted by atomic mass is 16.5. The number of hydrogen-bond donors (Lipinski definition) is 3. The molecule has 11 heteroatoms. The molecule has 204 valence electrons. The number of nitrogens with two attached hydrogens (primary N) is 1. The molecule has 0 radical (unpaired) electrons. The maximum Gasteiger partial charge on any atom is 0.321 e. The van der Waals surface area contributed by atoms with Crippen LogP contribution in [0.4, 0.5) is 27.8 Å².